The second kappa shape index (κ2) is 9.77. The fourth-order valence-corrected chi connectivity index (χ4v) is 6.36. The Morgan fingerprint density at radius 1 is 1.16 bits per heavy atom. The summed E-state index contributed by atoms with van der Waals surface area (Å²) in [5.74, 6) is 0.282. The molecular formula is C24H38FN3O3S. The molecule has 1 heterocycles. The molecule has 0 unspecified atom stereocenters. The van der Waals surface area contributed by atoms with Crippen LogP contribution in [0.4, 0.5) is 4.39 Å². The molecule has 6 nitrogen and oxygen atoms in total. The maximum atomic E-state index is 13.2. The van der Waals surface area contributed by atoms with Crippen molar-refractivity contribution in [1.82, 2.24) is 14.9 Å². The summed E-state index contributed by atoms with van der Waals surface area (Å²) in [5.41, 5.74) is 0.0780. The van der Waals surface area contributed by atoms with Gasteiger partial charge in [0, 0.05) is 25.7 Å². The van der Waals surface area contributed by atoms with Gasteiger partial charge >= 0.3 is 0 Å². The highest BCUT2D eigenvalue weighted by Gasteiger charge is 2.47. The minimum absolute atomic E-state index is 0.00782. The number of nitrogens with one attached hydrogen (secondary N) is 2. The van der Waals surface area contributed by atoms with Gasteiger partial charge in [-0.15, -0.1) is 0 Å². The van der Waals surface area contributed by atoms with E-state index in [1.165, 1.54) is 28.6 Å². The van der Waals surface area contributed by atoms with E-state index in [1.54, 1.807) is 0 Å². The van der Waals surface area contributed by atoms with Crippen molar-refractivity contribution in [2.75, 3.05) is 19.6 Å². The molecule has 0 spiro atoms. The maximum absolute atomic E-state index is 13.2. The van der Waals surface area contributed by atoms with Gasteiger partial charge in [-0.05, 0) is 66.7 Å². The number of amides is 1. The molecule has 0 radical (unpaired) electrons. The zero-order valence-corrected chi connectivity index (χ0v) is 20.7. The number of hydrogen-bond acceptors (Lipinski definition) is 4. The highest BCUT2D eigenvalue weighted by Crippen LogP contribution is 2.40. The minimum Gasteiger partial charge on any atom is -0.352 e. The standard InChI is InChI=1S/C24H38FN3O3S/c1-16(2)12-22(26-15-24(3,4)5)23(29)27-21-11-6-17-13-28(14-20(17)21)32(30,31)19-9-7-18(25)8-10-19/h7-10,16-17,20-22,26H,6,11-15H2,1-5H3,(H,27,29)/t17-,20+,21+,22+/m1/s1. The van der Waals surface area contributed by atoms with Gasteiger partial charge < -0.3 is 10.6 Å². The first kappa shape index (κ1) is 25.1. The molecule has 3 rings (SSSR count). The van der Waals surface area contributed by atoms with Crippen LogP contribution in [0.1, 0.15) is 53.9 Å². The van der Waals surface area contributed by atoms with Gasteiger partial charge in [-0.1, -0.05) is 34.6 Å². The average molecular weight is 468 g/mol. The van der Waals surface area contributed by atoms with E-state index in [-0.39, 0.29) is 40.1 Å². The largest absolute Gasteiger partial charge is 0.352 e. The molecule has 2 aliphatic rings. The van der Waals surface area contributed by atoms with Crippen LogP contribution in [0, 0.1) is 29.0 Å². The first-order valence-electron chi connectivity index (χ1n) is 11.7. The fraction of sp³-hybridized carbons (Fsp3) is 0.708. The number of hydrogen-bond donors (Lipinski definition) is 2. The molecule has 1 saturated heterocycles. The summed E-state index contributed by atoms with van der Waals surface area (Å²) in [4.78, 5) is 13.2. The number of nitrogens with zero attached hydrogens (tertiary/aromatic N) is 1. The van der Waals surface area contributed by atoms with Crippen LogP contribution >= 0.6 is 0 Å². The van der Waals surface area contributed by atoms with Crippen molar-refractivity contribution in [2.45, 2.75) is 70.9 Å². The first-order valence-corrected chi connectivity index (χ1v) is 13.1. The lowest BCUT2D eigenvalue weighted by molar-refractivity contribution is -0.124. The lowest BCUT2D eigenvalue weighted by Crippen LogP contribution is -2.51. The van der Waals surface area contributed by atoms with Crippen LogP contribution in [-0.2, 0) is 14.8 Å². The molecule has 32 heavy (non-hydrogen) atoms. The Kier molecular flexibility index (Phi) is 7.67. The average Bonchev–Trinajstić information content (AvgIpc) is 3.27. The third-order valence-corrected chi connectivity index (χ3v) is 8.35. The van der Waals surface area contributed by atoms with Crippen LogP contribution in [-0.4, -0.2) is 50.3 Å². The third kappa shape index (κ3) is 6.08. The van der Waals surface area contributed by atoms with Crippen LogP contribution < -0.4 is 10.6 Å². The van der Waals surface area contributed by atoms with E-state index in [4.69, 9.17) is 0 Å². The van der Waals surface area contributed by atoms with Gasteiger partial charge in [-0.25, -0.2) is 12.8 Å². The van der Waals surface area contributed by atoms with Gasteiger partial charge in [0.2, 0.25) is 15.9 Å². The number of sulfonamides is 1. The number of carbonyl (C=O) groups excluding carboxylic acids is 1. The van der Waals surface area contributed by atoms with Crippen LogP contribution in [0.5, 0.6) is 0 Å². The van der Waals surface area contributed by atoms with Crippen molar-refractivity contribution < 1.29 is 17.6 Å². The van der Waals surface area contributed by atoms with Gasteiger partial charge in [-0.3, -0.25) is 4.79 Å². The van der Waals surface area contributed by atoms with Crippen LogP contribution in [0.3, 0.4) is 0 Å². The van der Waals surface area contributed by atoms with Crippen LogP contribution in [0.25, 0.3) is 0 Å². The van der Waals surface area contributed by atoms with Crippen molar-refractivity contribution >= 4 is 15.9 Å². The van der Waals surface area contributed by atoms with E-state index in [1.807, 2.05) is 0 Å². The molecule has 1 aromatic rings. The number of carbonyl (C=O) groups is 1. The van der Waals surface area contributed by atoms with E-state index in [0.717, 1.165) is 25.8 Å². The monoisotopic (exact) mass is 467 g/mol. The smallest absolute Gasteiger partial charge is 0.243 e. The second-order valence-corrected chi connectivity index (χ2v) is 13.0. The van der Waals surface area contributed by atoms with Crippen LogP contribution in [0.15, 0.2) is 29.2 Å². The Labute approximate surface area is 192 Å². The summed E-state index contributed by atoms with van der Waals surface area (Å²) < 4.78 is 40.8. The highest BCUT2D eigenvalue weighted by molar-refractivity contribution is 7.89. The molecule has 180 valence electrons. The van der Waals surface area contributed by atoms with Crippen molar-refractivity contribution in [2.24, 2.45) is 23.2 Å². The Morgan fingerprint density at radius 3 is 2.41 bits per heavy atom. The van der Waals surface area contributed by atoms with Crippen LogP contribution in [0.2, 0.25) is 0 Å². The molecule has 2 fully saturated rings. The lowest BCUT2D eigenvalue weighted by atomic mass is 9.94. The summed E-state index contributed by atoms with van der Waals surface area (Å²) >= 11 is 0. The number of fused-ring (bicyclic) bond motifs is 1. The second-order valence-electron chi connectivity index (χ2n) is 11.0. The van der Waals surface area contributed by atoms with Crippen molar-refractivity contribution in [3.63, 3.8) is 0 Å². The Morgan fingerprint density at radius 2 is 1.81 bits per heavy atom. The molecule has 1 amide bonds. The predicted octanol–water partition coefficient (Wildman–Crippen LogP) is 3.39. The maximum Gasteiger partial charge on any atom is 0.243 e. The predicted molar refractivity (Wildman–Crippen MR) is 124 cm³/mol. The quantitative estimate of drug-likeness (QED) is 0.614. The van der Waals surface area contributed by atoms with Crippen molar-refractivity contribution in [1.29, 1.82) is 0 Å². The fourth-order valence-electron chi connectivity index (χ4n) is 4.82. The van der Waals surface area contributed by atoms with Crippen molar-refractivity contribution in [3.05, 3.63) is 30.1 Å². The number of rotatable bonds is 8. The Bertz CT molecular complexity index is 896. The third-order valence-electron chi connectivity index (χ3n) is 6.50. The van der Waals surface area contributed by atoms with Gasteiger partial charge in [0.05, 0.1) is 10.9 Å². The normalized spacial score (nSPS) is 25.2. The summed E-state index contributed by atoms with van der Waals surface area (Å²) in [6.45, 7) is 12.2. The Balaban J connectivity index is 1.65. The van der Waals surface area contributed by atoms with Gasteiger partial charge in [0.25, 0.3) is 0 Å². The Hall–Kier alpha value is -1.51. The molecule has 0 aromatic heterocycles. The van der Waals surface area contributed by atoms with Gasteiger partial charge in [0.1, 0.15) is 5.82 Å². The van der Waals surface area contributed by atoms with Gasteiger partial charge in [-0.2, -0.15) is 4.31 Å². The zero-order chi connectivity index (χ0) is 23.7. The van der Waals surface area contributed by atoms with E-state index < -0.39 is 15.8 Å². The van der Waals surface area contributed by atoms with E-state index in [0.29, 0.717) is 19.0 Å². The highest BCUT2D eigenvalue weighted by atomic mass is 32.2. The molecule has 0 bridgehead atoms. The van der Waals surface area contributed by atoms with E-state index in [2.05, 4.69) is 45.3 Å². The summed E-state index contributed by atoms with van der Waals surface area (Å²) in [7, 11) is -3.66. The molecule has 1 aliphatic carbocycles. The SMILES string of the molecule is CC(C)C[C@H](NCC(C)(C)C)C(=O)N[C@H]1CC[C@@H]2CN(S(=O)(=O)c3ccc(F)cc3)C[C@@H]21. The summed E-state index contributed by atoms with van der Waals surface area (Å²) in [6, 6.07) is 4.70. The lowest BCUT2D eigenvalue weighted by Gasteiger charge is -2.28. The molecule has 2 N–H and O–H groups in total. The number of halogens is 1. The molecule has 1 aliphatic heterocycles. The molecule has 4 atom stereocenters. The van der Waals surface area contributed by atoms with E-state index in [9.17, 15) is 17.6 Å². The molecular weight excluding hydrogens is 429 g/mol. The van der Waals surface area contributed by atoms with Crippen molar-refractivity contribution in [3.8, 4) is 0 Å². The van der Waals surface area contributed by atoms with Gasteiger partial charge in [0.15, 0.2) is 0 Å². The molecule has 1 saturated carbocycles. The minimum atomic E-state index is -3.66. The summed E-state index contributed by atoms with van der Waals surface area (Å²) in [6.07, 6.45) is 2.53. The van der Waals surface area contributed by atoms with E-state index >= 15 is 0 Å². The number of benzene rings is 1. The zero-order valence-electron chi connectivity index (χ0n) is 19.9. The molecule has 1 aromatic carbocycles. The molecule has 8 heteroatoms. The summed E-state index contributed by atoms with van der Waals surface area (Å²) in [5, 5.41) is 6.67. The topological polar surface area (TPSA) is 78.5 Å². The first-order chi connectivity index (χ1) is 14.9.